The van der Waals surface area contributed by atoms with E-state index in [1.54, 1.807) is 20.8 Å². The van der Waals surface area contributed by atoms with Gasteiger partial charge in [0.1, 0.15) is 16.5 Å². The van der Waals surface area contributed by atoms with Gasteiger partial charge in [-0.1, -0.05) is 0 Å². The molecule has 0 spiro atoms. The van der Waals surface area contributed by atoms with Crippen molar-refractivity contribution in [2.45, 2.75) is 43.5 Å². The molecule has 0 saturated heterocycles. The van der Waals surface area contributed by atoms with E-state index in [1.165, 1.54) is 6.20 Å². The number of phenols is 1. The van der Waals surface area contributed by atoms with Gasteiger partial charge >= 0.3 is 6.18 Å². The van der Waals surface area contributed by atoms with Gasteiger partial charge in [0.2, 0.25) is 16.0 Å². The van der Waals surface area contributed by atoms with E-state index >= 15 is 0 Å². The van der Waals surface area contributed by atoms with E-state index in [0.29, 0.717) is 10.5 Å². The van der Waals surface area contributed by atoms with Gasteiger partial charge in [-0.25, -0.2) is 18.5 Å². The first kappa shape index (κ1) is 24.1. The first-order valence-electron chi connectivity index (χ1n) is 8.25. The predicted molar refractivity (Wildman–Crippen MR) is 107 cm³/mol. The Morgan fingerprint density at radius 3 is 2.37 bits per heavy atom. The number of phenolic OH excluding ortho intramolecular Hbond substituents is 1. The lowest BCUT2D eigenvalue weighted by Crippen LogP contribution is -2.39. The molecule has 2 rings (SSSR count). The summed E-state index contributed by atoms with van der Waals surface area (Å²) in [6.07, 6.45) is -3.79. The Hall–Kier alpha value is -2.16. The fourth-order valence-electron chi connectivity index (χ4n) is 2.23. The van der Waals surface area contributed by atoms with E-state index in [9.17, 15) is 31.8 Å². The normalized spacial score (nSPS) is 13.8. The van der Waals surface area contributed by atoms with E-state index in [2.05, 4.69) is 36.5 Å². The standard InChI is InChI=1S/C16H19BrF3N5O4S/c1-7(15(2,3)27)23-13-10(17)6-22-14(25-13)24-8-4-9(16(18,19)20)12(11(26)5-8)30(21,28)29/h4-7,26-27H,1-3H3,(H2,21,28,29)(H2,22,23,24,25)/t7-/m1/s1. The second-order valence-corrected chi connectivity index (χ2v) is 9.30. The molecule has 0 saturated carbocycles. The van der Waals surface area contributed by atoms with Crippen molar-refractivity contribution in [2.75, 3.05) is 10.6 Å². The molecule has 14 heteroatoms. The first-order valence-corrected chi connectivity index (χ1v) is 10.6. The second-order valence-electron chi connectivity index (χ2n) is 6.95. The summed E-state index contributed by atoms with van der Waals surface area (Å²) in [5, 5.41) is 30.1. The van der Waals surface area contributed by atoms with E-state index in [1.807, 2.05) is 0 Å². The van der Waals surface area contributed by atoms with Crippen molar-refractivity contribution >= 4 is 43.4 Å². The molecule has 9 nitrogen and oxygen atoms in total. The van der Waals surface area contributed by atoms with Crippen LogP contribution >= 0.6 is 15.9 Å². The lowest BCUT2D eigenvalue weighted by atomic mass is 10.0. The third kappa shape index (κ3) is 5.71. The van der Waals surface area contributed by atoms with E-state index in [-0.39, 0.29) is 17.5 Å². The number of halogens is 4. The number of aliphatic hydroxyl groups is 1. The van der Waals surface area contributed by atoms with Gasteiger partial charge in [-0.3, -0.25) is 0 Å². The van der Waals surface area contributed by atoms with Crippen LogP contribution in [0.1, 0.15) is 26.3 Å². The summed E-state index contributed by atoms with van der Waals surface area (Å²) in [6, 6.07) is 0.774. The molecule has 1 atom stereocenters. The minimum absolute atomic E-state index is 0.153. The SMILES string of the molecule is C[C@@H](Nc1nc(Nc2cc(O)c(S(N)(=O)=O)c(C(F)(F)F)c2)ncc1Br)C(C)(C)O. The van der Waals surface area contributed by atoms with Gasteiger partial charge in [-0.05, 0) is 42.8 Å². The number of aromatic nitrogens is 2. The number of alkyl halides is 3. The van der Waals surface area contributed by atoms with E-state index < -0.39 is 44.1 Å². The molecule has 30 heavy (non-hydrogen) atoms. The number of hydrogen-bond donors (Lipinski definition) is 5. The number of primary sulfonamides is 1. The summed E-state index contributed by atoms with van der Waals surface area (Å²) in [5.41, 5.74) is -3.07. The van der Waals surface area contributed by atoms with Gasteiger partial charge in [0, 0.05) is 18.0 Å². The van der Waals surface area contributed by atoms with E-state index in [4.69, 9.17) is 5.14 Å². The molecule has 2 aromatic rings. The highest BCUT2D eigenvalue weighted by Crippen LogP contribution is 2.40. The third-order valence-electron chi connectivity index (χ3n) is 4.07. The minimum atomic E-state index is -5.10. The Morgan fingerprint density at radius 1 is 1.27 bits per heavy atom. The maximum absolute atomic E-state index is 13.3. The summed E-state index contributed by atoms with van der Waals surface area (Å²) in [6.45, 7) is 4.85. The summed E-state index contributed by atoms with van der Waals surface area (Å²) in [4.78, 5) is 6.60. The zero-order valence-corrected chi connectivity index (χ0v) is 18.3. The Labute approximate surface area is 178 Å². The quantitative estimate of drug-likeness (QED) is 0.395. The van der Waals surface area contributed by atoms with Crippen molar-refractivity contribution in [3.05, 3.63) is 28.4 Å². The summed E-state index contributed by atoms with van der Waals surface area (Å²) in [5.74, 6) is -1.09. The van der Waals surface area contributed by atoms with Crippen LogP contribution in [0.2, 0.25) is 0 Å². The number of rotatable bonds is 6. The molecular formula is C16H19BrF3N5O4S. The molecule has 0 unspecified atom stereocenters. The van der Waals surface area contributed by atoms with Crippen LogP contribution < -0.4 is 15.8 Å². The molecule has 1 aromatic carbocycles. The van der Waals surface area contributed by atoms with Gasteiger partial charge < -0.3 is 20.8 Å². The molecule has 6 N–H and O–H groups in total. The van der Waals surface area contributed by atoms with Gasteiger partial charge in [-0.15, -0.1) is 0 Å². The molecule has 0 radical (unpaired) electrons. The number of nitrogens with one attached hydrogen (secondary N) is 2. The van der Waals surface area contributed by atoms with Gasteiger partial charge in [-0.2, -0.15) is 18.2 Å². The molecular weight excluding hydrogens is 495 g/mol. The van der Waals surface area contributed by atoms with Gasteiger partial charge in [0.05, 0.1) is 21.7 Å². The molecule has 0 aliphatic heterocycles. The van der Waals surface area contributed by atoms with Crippen LogP contribution in [0.4, 0.5) is 30.6 Å². The van der Waals surface area contributed by atoms with Crippen LogP contribution in [0, 0.1) is 0 Å². The number of sulfonamides is 1. The summed E-state index contributed by atoms with van der Waals surface area (Å²) < 4.78 is 63.4. The van der Waals surface area contributed by atoms with Gasteiger partial charge in [0.15, 0.2) is 0 Å². The van der Waals surface area contributed by atoms with Crippen LogP contribution in [-0.4, -0.2) is 40.2 Å². The predicted octanol–water partition coefficient (Wildman–Crippen LogP) is 2.93. The summed E-state index contributed by atoms with van der Waals surface area (Å²) >= 11 is 3.23. The highest BCUT2D eigenvalue weighted by molar-refractivity contribution is 9.10. The Bertz CT molecular complexity index is 1060. The van der Waals surface area contributed by atoms with Crippen LogP contribution in [0.15, 0.2) is 27.7 Å². The smallest absolute Gasteiger partial charge is 0.417 e. The molecule has 0 aliphatic rings. The Morgan fingerprint density at radius 2 is 1.87 bits per heavy atom. The summed E-state index contributed by atoms with van der Waals surface area (Å²) in [7, 11) is -4.85. The van der Waals surface area contributed by atoms with Crippen molar-refractivity contribution in [3.63, 3.8) is 0 Å². The van der Waals surface area contributed by atoms with Crippen molar-refractivity contribution in [2.24, 2.45) is 5.14 Å². The fraction of sp³-hybridized carbons (Fsp3) is 0.375. The maximum Gasteiger partial charge on any atom is 0.417 e. The van der Waals surface area contributed by atoms with Crippen LogP contribution in [0.5, 0.6) is 5.75 Å². The number of benzene rings is 1. The highest BCUT2D eigenvalue weighted by Gasteiger charge is 2.39. The van der Waals surface area contributed by atoms with Gasteiger partial charge in [0.25, 0.3) is 0 Å². The van der Waals surface area contributed by atoms with Crippen LogP contribution in [0.25, 0.3) is 0 Å². The molecule has 0 aliphatic carbocycles. The average molecular weight is 514 g/mol. The first-order chi connectivity index (χ1) is 13.5. The zero-order chi connectivity index (χ0) is 23.1. The fourth-order valence-corrected chi connectivity index (χ4v) is 3.37. The number of anilines is 3. The Kier molecular flexibility index (Phi) is 6.57. The number of hydrogen-bond acceptors (Lipinski definition) is 8. The van der Waals surface area contributed by atoms with Crippen molar-refractivity contribution in [1.82, 2.24) is 9.97 Å². The topological polar surface area (TPSA) is 150 Å². The molecule has 0 amide bonds. The Balaban J connectivity index is 2.46. The number of nitrogens with two attached hydrogens (primary N) is 1. The van der Waals surface area contributed by atoms with Crippen LogP contribution in [-0.2, 0) is 16.2 Å². The number of aromatic hydroxyl groups is 1. The molecule has 1 heterocycles. The lowest BCUT2D eigenvalue weighted by Gasteiger charge is -2.27. The van der Waals surface area contributed by atoms with Crippen molar-refractivity contribution < 1.29 is 31.8 Å². The average Bonchev–Trinajstić information content (AvgIpc) is 2.54. The monoisotopic (exact) mass is 513 g/mol. The third-order valence-corrected chi connectivity index (χ3v) is 5.65. The molecule has 0 fully saturated rings. The van der Waals surface area contributed by atoms with Crippen LogP contribution in [0.3, 0.4) is 0 Å². The number of nitrogens with zero attached hydrogens (tertiary/aromatic N) is 2. The molecule has 1 aromatic heterocycles. The highest BCUT2D eigenvalue weighted by atomic mass is 79.9. The minimum Gasteiger partial charge on any atom is -0.506 e. The second kappa shape index (κ2) is 8.17. The lowest BCUT2D eigenvalue weighted by molar-refractivity contribution is -0.140. The largest absolute Gasteiger partial charge is 0.506 e. The van der Waals surface area contributed by atoms with Crippen molar-refractivity contribution in [3.8, 4) is 5.75 Å². The molecule has 0 bridgehead atoms. The zero-order valence-electron chi connectivity index (χ0n) is 15.9. The maximum atomic E-state index is 13.3. The van der Waals surface area contributed by atoms with Crippen molar-refractivity contribution in [1.29, 1.82) is 0 Å². The molecule has 166 valence electrons. The van der Waals surface area contributed by atoms with E-state index in [0.717, 1.165) is 6.07 Å².